The summed E-state index contributed by atoms with van der Waals surface area (Å²) < 4.78 is 0. The highest BCUT2D eigenvalue weighted by molar-refractivity contribution is 8.02. The first-order valence-electron chi connectivity index (χ1n) is 11.7. The molecule has 4 unspecified atom stereocenters. The Morgan fingerprint density at radius 3 is 2.41 bits per heavy atom. The first kappa shape index (κ1) is 27.0. The number of likely N-dealkylation sites (N-methyl/N-ethyl adjacent to an activating group) is 1. The quantitative estimate of drug-likeness (QED) is 0.419. The van der Waals surface area contributed by atoms with Gasteiger partial charge in [-0.25, -0.2) is 0 Å². The SMILES string of the molecule is CC.CNC(C)N1c2sc(C)c(C)c2C(c2ccc(Cl)cc2)=NC(C)(NC2NC=CS2)C1NC. The van der Waals surface area contributed by atoms with Crippen LogP contribution in [-0.2, 0) is 0 Å². The van der Waals surface area contributed by atoms with Crippen LogP contribution in [0, 0.1) is 13.8 Å². The van der Waals surface area contributed by atoms with Crippen LogP contribution in [0.5, 0.6) is 0 Å². The molecule has 4 atom stereocenters. The smallest absolute Gasteiger partial charge is 0.144 e. The van der Waals surface area contributed by atoms with Crippen molar-refractivity contribution in [2.75, 3.05) is 19.0 Å². The number of anilines is 1. The van der Waals surface area contributed by atoms with Crippen molar-refractivity contribution in [3.8, 4) is 0 Å². The average Bonchev–Trinajstić information content (AvgIpc) is 3.42. The standard InChI is InChI=1S/C23H31ClN6S2.C2H6/c1-13-14(2)32-20-18(13)19(16-7-9-17(24)10-8-16)28-23(4,29-22-27-11-12-31-22)21(26-6)30(20)15(3)25-5;1-2/h7-12,15,21-22,25-27,29H,1-6H3;1-2H3. The number of thioether (sulfide) groups is 1. The fourth-order valence-corrected chi connectivity index (χ4v) is 6.49. The van der Waals surface area contributed by atoms with Crippen LogP contribution < -0.4 is 26.2 Å². The van der Waals surface area contributed by atoms with Crippen LogP contribution in [-0.4, -0.2) is 43.3 Å². The van der Waals surface area contributed by atoms with Gasteiger partial charge in [-0.2, -0.15) is 0 Å². The van der Waals surface area contributed by atoms with Crippen LogP contribution in [0.3, 0.4) is 0 Å². The predicted molar refractivity (Wildman–Crippen MR) is 151 cm³/mol. The molecule has 6 nitrogen and oxygen atoms in total. The number of rotatable bonds is 6. The number of halogens is 1. The van der Waals surface area contributed by atoms with Crippen LogP contribution in [0.1, 0.15) is 49.3 Å². The summed E-state index contributed by atoms with van der Waals surface area (Å²) in [6.45, 7) is 12.7. The zero-order valence-corrected chi connectivity index (χ0v) is 23.7. The number of hydrogen-bond donors (Lipinski definition) is 4. The summed E-state index contributed by atoms with van der Waals surface area (Å²) in [5, 5.41) is 18.2. The summed E-state index contributed by atoms with van der Waals surface area (Å²) in [5.74, 6) is 0. The first-order valence-corrected chi connectivity index (χ1v) is 13.9. The Balaban J connectivity index is 0.00000158. The van der Waals surface area contributed by atoms with Crippen molar-refractivity contribution in [2.24, 2.45) is 4.99 Å². The van der Waals surface area contributed by atoms with Gasteiger partial charge < -0.3 is 15.5 Å². The second kappa shape index (κ2) is 11.5. The van der Waals surface area contributed by atoms with Crippen LogP contribution in [0.25, 0.3) is 0 Å². The lowest BCUT2D eigenvalue weighted by Crippen LogP contribution is -2.68. The van der Waals surface area contributed by atoms with E-state index in [4.69, 9.17) is 16.6 Å². The molecule has 0 fully saturated rings. The molecule has 0 amide bonds. The maximum absolute atomic E-state index is 6.22. The van der Waals surface area contributed by atoms with E-state index in [9.17, 15) is 0 Å². The summed E-state index contributed by atoms with van der Waals surface area (Å²) in [4.78, 5) is 9.18. The molecular formula is C25H37ClN6S2. The van der Waals surface area contributed by atoms with E-state index in [2.05, 4.69) is 71.4 Å². The molecule has 4 rings (SSSR count). The van der Waals surface area contributed by atoms with Crippen molar-refractivity contribution >= 4 is 45.4 Å². The Hall–Kier alpha value is -1.55. The average molecular weight is 521 g/mol. The third-order valence-electron chi connectivity index (χ3n) is 6.17. The Bertz CT molecular complexity index is 1030. The van der Waals surface area contributed by atoms with Crippen molar-refractivity contribution in [3.05, 3.63) is 62.5 Å². The van der Waals surface area contributed by atoms with E-state index in [-0.39, 0.29) is 17.8 Å². The van der Waals surface area contributed by atoms with Gasteiger partial charge in [0.05, 0.1) is 11.9 Å². The van der Waals surface area contributed by atoms with Crippen LogP contribution in [0.4, 0.5) is 5.00 Å². The molecule has 3 heterocycles. The van der Waals surface area contributed by atoms with Gasteiger partial charge in [0.25, 0.3) is 0 Å². The third kappa shape index (κ3) is 5.17. The van der Waals surface area contributed by atoms with Crippen molar-refractivity contribution in [2.45, 2.75) is 65.0 Å². The van der Waals surface area contributed by atoms with Crippen molar-refractivity contribution in [3.63, 3.8) is 0 Å². The molecule has 2 aliphatic heterocycles. The highest BCUT2D eigenvalue weighted by Gasteiger charge is 2.45. The third-order valence-corrected chi connectivity index (χ3v) is 8.46. The summed E-state index contributed by atoms with van der Waals surface area (Å²) >= 11 is 9.76. The molecule has 0 spiro atoms. The highest BCUT2D eigenvalue weighted by atomic mass is 35.5. The molecule has 0 bridgehead atoms. The Kier molecular flexibility index (Phi) is 9.11. The molecule has 34 heavy (non-hydrogen) atoms. The van der Waals surface area contributed by atoms with E-state index in [0.29, 0.717) is 0 Å². The summed E-state index contributed by atoms with van der Waals surface area (Å²) in [5.41, 5.74) is 3.90. The van der Waals surface area contributed by atoms with E-state index in [1.54, 1.807) is 11.8 Å². The molecule has 0 radical (unpaired) electrons. The van der Waals surface area contributed by atoms with Gasteiger partial charge in [0.1, 0.15) is 22.3 Å². The van der Waals surface area contributed by atoms with Crippen molar-refractivity contribution in [1.29, 1.82) is 0 Å². The Morgan fingerprint density at radius 1 is 1.18 bits per heavy atom. The van der Waals surface area contributed by atoms with Gasteiger partial charge in [0, 0.05) is 27.2 Å². The van der Waals surface area contributed by atoms with Gasteiger partial charge in [-0.15, -0.1) is 11.3 Å². The molecule has 2 aromatic rings. The lowest BCUT2D eigenvalue weighted by molar-refractivity contribution is 0.243. The monoisotopic (exact) mass is 520 g/mol. The maximum Gasteiger partial charge on any atom is 0.144 e. The number of thiophene rings is 1. The minimum absolute atomic E-state index is 0.0387. The molecule has 9 heteroatoms. The molecule has 4 N–H and O–H groups in total. The minimum Gasteiger partial charge on any atom is -0.367 e. The first-order chi connectivity index (χ1) is 16.3. The molecule has 1 aromatic carbocycles. The van der Waals surface area contributed by atoms with Crippen molar-refractivity contribution in [1.82, 2.24) is 21.3 Å². The number of hydrogen-bond acceptors (Lipinski definition) is 8. The van der Waals surface area contributed by atoms with E-state index >= 15 is 0 Å². The van der Waals surface area contributed by atoms with Crippen LogP contribution in [0.15, 0.2) is 40.9 Å². The normalized spacial score (nSPS) is 24.5. The van der Waals surface area contributed by atoms with Crippen molar-refractivity contribution < 1.29 is 0 Å². The van der Waals surface area contributed by atoms with Gasteiger partial charge in [0.15, 0.2) is 0 Å². The van der Waals surface area contributed by atoms with E-state index in [1.165, 1.54) is 21.0 Å². The topological polar surface area (TPSA) is 63.7 Å². The molecule has 186 valence electrons. The van der Waals surface area contributed by atoms with Gasteiger partial charge in [0.2, 0.25) is 0 Å². The van der Waals surface area contributed by atoms with Gasteiger partial charge in [-0.1, -0.05) is 49.3 Å². The number of aliphatic imine (C=N–C) groups is 1. The van der Waals surface area contributed by atoms with Gasteiger partial charge in [-0.3, -0.25) is 15.6 Å². The van der Waals surface area contributed by atoms with E-state index in [1.807, 2.05) is 57.6 Å². The zero-order valence-electron chi connectivity index (χ0n) is 21.3. The van der Waals surface area contributed by atoms with Gasteiger partial charge in [-0.05, 0) is 64.9 Å². The lowest BCUT2D eigenvalue weighted by Gasteiger charge is -2.45. The Labute approximate surface area is 217 Å². The second-order valence-electron chi connectivity index (χ2n) is 8.27. The van der Waals surface area contributed by atoms with Gasteiger partial charge >= 0.3 is 0 Å². The van der Waals surface area contributed by atoms with E-state index < -0.39 is 5.66 Å². The van der Waals surface area contributed by atoms with Crippen LogP contribution in [0.2, 0.25) is 5.02 Å². The predicted octanol–water partition coefficient (Wildman–Crippen LogP) is 5.21. The second-order valence-corrected chi connectivity index (χ2v) is 10.9. The number of nitrogens with zero attached hydrogens (tertiary/aromatic N) is 2. The largest absolute Gasteiger partial charge is 0.367 e. The maximum atomic E-state index is 6.22. The van der Waals surface area contributed by atoms with E-state index in [0.717, 1.165) is 16.3 Å². The molecule has 0 saturated carbocycles. The molecule has 0 saturated heterocycles. The summed E-state index contributed by atoms with van der Waals surface area (Å²) in [6, 6.07) is 8.00. The zero-order chi connectivity index (χ0) is 25.0. The summed E-state index contributed by atoms with van der Waals surface area (Å²) in [7, 11) is 4.00. The Morgan fingerprint density at radius 2 is 1.85 bits per heavy atom. The number of nitrogens with one attached hydrogen (secondary N) is 4. The molecule has 0 aliphatic carbocycles. The number of aryl methyl sites for hydroxylation is 1. The van der Waals surface area contributed by atoms with Crippen LogP contribution >= 0.6 is 34.7 Å². The minimum atomic E-state index is -0.634. The molecular weight excluding hydrogens is 484 g/mol. The molecule has 1 aromatic heterocycles. The fraction of sp³-hybridized carbons (Fsp3) is 0.480. The number of benzene rings is 1. The summed E-state index contributed by atoms with van der Waals surface area (Å²) in [6.07, 6.45) is 1.96. The number of fused-ring (bicyclic) bond motifs is 1. The highest BCUT2D eigenvalue weighted by Crippen LogP contribution is 2.43. The lowest BCUT2D eigenvalue weighted by atomic mass is 9.99. The fourth-order valence-electron chi connectivity index (χ4n) is 4.32. The molecule has 2 aliphatic rings.